The first-order valence-electron chi connectivity index (χ1n) is 8.65. The minimum absolute atomic E-state index is 0. The quantitative estimate of drug-likeness (QED) is 0.192. The Bertz CT molecular complexity index is 524. The molecule has 0 aliphatic carbocycles. The zero-order chi connectivity index (χ0) is 17.6. The molecule has 1 aromatic carbocycles. The fourth-order valence-corrected chi connectivity index (χ4v) is 2.24. The van der Waals surface area contributed by atoms with Crippen molar-refractivity contribution in [1.29, 1.82) is 0 Å². The number of carbonyl (C=O) groups is 1. The van der Waals surface area contributed by atoms with Crippen molar-refractivity contribution in [2.45, 2.75) is 52.0 Å². The van der Waals surface area contributed by atoms with Crippen molar-refractivity contribution in [2.24, 2.45) is 16.5 Å². The normalized spacial score (nSPS) is 10.8. The summed E-state index contributed by atoms with van der Waals surface area (Å²) in [6, 6.07) is 7.38. The molecule has 0 atom stereocenters. The molecule has 0 aliphatic rings. The Kier molecular flexibility index (Phi) is 13.9. The number of nitrogens with two attached hydrogens (primary N) is 2. The fraction of sp³-hybridized carbons (Fsp3) is 0.556. The highest BCUT2D eigenvalue weighted by Gasteiger charge is 2.00. The van der Waals surface area contributed by atoms with Crippen molar-refractivity contribution >= 4 is 35.8 Å². The van der Waals surface area contributed by atoms with Crippen LogP contribution >= 0.6 is 24.0 Å². The molecular formula is C18H31IN4O2. The van der Waals surface area contributed by atoms with Gasteiger partial charge in [-0.2, -0.15) is 0 Å². The lowest BCUT2D eigenvalue weighted by atomic mass is 10.1. The largest absolute Gasteiger partial charge is 0.484 e. The van der Waals surface area contributed by atoms with Crippen LogP contribution < -0.4 is 21.5 Å². The molecule has 0 unspecified atom stereocenters. The number of halogens is 1. The van der Waals surface area contributed by atoms with Gasteiger partial charge in [-0.1, -0.05) is 51.2 Å². The number of nitrogens with zero attached hydrogens (tertiary/aromatic N) is 1. The van der Waals surface area contributed by atoms with E-state index >= 15 is 0 Å². The average Bonchev–Trinajstić information content (AvgIpc) is 2.58. The lowest BCUT2D eigenvalue weighted by Gasteiger charge is -2.07. The molecule has 0 heterocycles. The Morgan fingerprint density at radius 2 is 1.88 bits per heavy atom. The smallest absolute Gasteiger partial charge is 0.255 e. The number of hydrogen-bond donors (Lipinski definition) is 3. The number of primary amides is 1. The van der Waals surface area contributed by atoms with Crippen molar-refractivity contribution in [2.75, 3.05) is 13.2 Å². The van der Waals surface area contributed by atoms with Crippen LogP contribution in [0.4, 0.5) is 0 Å². The molecule has 0 spiro atoms. The summed E-state index contributed by atoms with van der Waals surface area (Å²) >= 11 is 0. The monoisotopic (exact) mass is 462 g/mol. The van der Waals surface area contributed by atoms with E-state index in [1.807, 2.05) is 18.2 Å². The Labute approximate surface area is 167 Å². The number of aliphatic imine (C=N–C) groups is 1. The average molecular weight is 462 g/mol. The van der Waals surface area contributed by atoms with Crippen LogP contribution in [-0.2, 0) is 11.3 Å². The van der Waals surface area contributed by atoms with E-state index in [1.165, 1.54) is 32.1 Å². The zero-order valence-corrected chi connectivity index (χ0v) is 17.3. The maximum atomic E-state index is 10.7. The number of guanidine groups is 1. The van der Waals surface area contributed by atoms with Gasteiger partial charge < -0.3 is 21.5 Å². The molecule has 142 valence electrons. The van der Waals surface area contributed by atoms with Crippen LogP contribution in [-0.4, -0.2) is 25.0 Å². The van der Waals surface area contributed by atoms with Crippen molar-refractivity contribution in [3.05, 3.63) is 29.8 Å². The molecule has 0 saturated carbocycles. The highest BCUT2D eigenvalue weighted by atomic mass is 127. The Hall–Kier alpha value is -1.51. The second-order valence-electron chi connectivity index (χ2n) is 5.80. The van der Waals surface area contributed by atoms with E-state index in [0.717, 1.165) is 18.5 Å². The van der Waals surface area contributed by atoms with Crippen LogP contribution in [0.15, 0.2) is 29.3 Å². The fourth-order valence-electron chi connectivity index (χ4n) is 2.24. The summed E-state index contributed by atoms with van der Waals surface area (Å²) < 4.78 is 5.26. The van der Waals surface area contributed by atoms with Crippen LogP contribution in [0.5, 0.6) is 5.75 Å². The second kappa shape index (κ2) is 14.8. The maximum absolute atomic E-state index is 10.7. The molecule has 1 amide bonds. The van der Waals surface area contributed by atoms with Gasteiger partial charge in [0.15, 0.2) is 12.6 Å². The Balaban J connectivity index is 0.00000576. The van der Waals surface area contributed by atoms with Crippen molar-refractivity contribution in [3.8, 4) is 5.75 Å². The molecular weight excluding hydrogens is 431 g/mol. The number of nitrogens with one attached hydrogen (secondary N) is 1. The number of carbonyl (C=O) groups excluding carboxylic acids is 1. The number of rotatable bonds is 12. The molecule has 0 radical (unpaired) electrons. The van der Waals surface area contributed by atoms with E-state index < -0.39 is 5.91 Å². The van der Waals surface area contributed by atoms with Gasteiger partial charge in [0.05, 0.1) is 6.54 Å². The standard InChI is InChI=1S/C18H30N4O2.HI/c1-2-3-4-5-6-7-11-21-18(20)22-13-15-9-8-10-16(12-15)24-14-17(19)23;/h8-10,12H,2-7,11,13-14H2,1H3,(H2,19,23)(H3,20,21,22);1H. The van der Waals surface area contributed by atoms with E-state index in [9.17, 15) is 4.79 Å². The molecule has 25 heavy (non-hydrogen) atoms. The van der Waals surface area contributed by atoms with Crippen molar-refractivity contribution in [1.82, 2.24) is 5.32 Å². The van der Waals surface area contributed by atoms with Gasteiger partial charge in [-0.15, -0.1) is 24.0 Å². The predicted octanol–water partition coefficient (Wildman–Crippen LogP) is 2.93. The van der Waals surface area contributed by atoms with Crippen molar-refractivity contribution < 1.29 is 9.53 Å². The zero-order valence-electron chi connectivity index (χ0n) is 15.0. The third kappa shape index (κ3) is 12.5. The summed E-state index contributed by atoms with van der Waals surface area (Å²) in [4.78, 5) is 15.0. The second-order valence-corrected chi connectivity index (χ2v) is 5.80. The van der Waals surface area contributed by atoms with E-state index in [0.29, 0.717) is 18.3 Å². The summed E-state index contributed by atoms with van der Waals surface area (Å²) in [5, 5.41) is 3.13. The number of hydrogen-bond acceptors (Lipinski definition) is 3. The van der Waals surface area contributed by atoms with Gasteiger partial charge in [-0.05, 0) is 24.1 Å². The summed E-state index contributed by atoms with van der Waals surface area (Å²) in [6.07, 6.45) is 7.51. The molecule has 0 aliphatic heterocycles. The summed E-state index contributed by atoms with van der Waals surface area (Å²) in [6.45, 7) is 3.40. The lowest BCUT2D eigenvalue weighted by Crippen LogP contribution is -2.32. The summed E-state index contributed by atoms with van der Waals surface area (Å²) in [7, 11) is 0. The van der Waals surface area contributed by atoms with Gasteiger partial charge in [0.1, 0.15) is 5.75 Å². The van der Waals surface area contributed by atoms with E-state index in [2.05, 4.69) is 17.2 Å². The first-order chi connectivity index (χ1) is 11.6. The highest BCUT2D eigenvalue weighted by molar-refractivity contribution is 14.0. The van der Waals surface area contributed by atoms with Crippen LogP contribution in [0.25, 0.3) is 0 Å². The van der Waals surface area contributed by atoms with Gasteiger partial charge in [-0.25, -0.2) is 4.99 Å². The topological polar surface area (TPSA) is 103 Å². The molecule has 6 nitrogen and oxygen atoms in total. The van der Waals surface area contributed by atoms with Crippen LogP contribution in [0.1, 0.15) is 51.0 Å². The van der Waals surface area contributed by atoms with Crippen molar-refractivity contribution in [3.63, 3.8) is 0 Å². The highest BCUT2D eigenvalue weighted by Crippen LogP contribution is 2.13. The molecule has 5 N–H and O–H groups in total. The van der Waals surface area contributed by atoms with E-state index in [4.69, 9.17) is 16.2 Å². The first-order valence-corrected chi connectivity index (χ1v) is 8.65. The van der Waals surface area contributed by atoms with Gasteiger partial charge in [0.25, 0.3) is 5.91 Å². The molecule has 1 rings (SSSR count). The SMILES string of the molecule is CCCCCCCCNC(N)=NCc1cccc(OCC(N)=O)c1.I. The van der Waals surface area contributed by atoms with Crippen LogP contribution in [0, 0.1) is 0 Å². The van der Waals surface area contributed by atoms with Gasteiger partial charge in [0, 0.05) is 6.54 Å². The van der Waals surface area contributed by atoms with Gasteiger partial charge in [0.2, 0.25) is 0 Å². The van der Waals surface area contributed by atoms with Gasteiger partial charge >= 0.3 is 0 Å². The number of amides is 1. The number of unbranched alkanes of at least 4 members (excludes halogenated alkanes) is 5. The predicted molar refractivity (Wildman–Crippen MR) is 113 cm³/mol. The minimum atomic E-state index is -0.499. The van der Waals surface area contributed by atoms with Crippen LogP contribution in [0.2, 0.25) is 0 Å². The van der Waals surface area contributed by atoms with E-state index in [1.54, 1.807) is 6.07 Å². The number of ether oxygens (including phenoxy) is 1. The first kappa shape index (κ1) is 23.5. The Morgan fingerprint density at radius 3 is 2.60 bits per heavy atom. The maximum Gasteiger partial charge on any atom is 0.255 e. The third-order valence-corrected chi connectivity index (χ3v) is 3.55. The Morgan fingerprint density at radius 1 is 1.16 bits per heavy atom. The number of benzene rings is 1. The molecule has 0 fully saturated rings. The lowest BCUT2D eigenvalue weighted by molar-refractivity contribution is -0.119. The molecule has 0 aromatic heterocycles. The molecule has 7 heteroatoms. The molecule has 1 aromatic rings. The van der Waals surface area contributed by atoms with Gasteiger partial charge in [-0.3, -0.25) is 4.79 Å². The summed E-state index contributed by atoms with van der Waals surface area (Å²) in [5.41, 5.74) is 11.9. The third-order valence-electron chi connectivity index (χ3n) is 3.55. The minimum Gasteiger partial charge on any atom is -0.484 e. The van der Waals surface area contributed by atoms with E-state index in [-0.39, 0.29) is 30.6 Å². The molecule has 0 saturated heterocycles. The summed E-state index contributed by atoms with van der Waals surface area (Å²) in [5.74, 6) is 0.550. The molecule has 0 bridgehead atoms. The van der Waals surface area contributed by atoms with Crippen LogP contribution in [0.3, 0.4) is 0 Å².